The van der Waals surface area contributed by atoms with Crippen LogP contribution < -0.4 is 4.90 Å². The molecule has 1 aromatic rings. The maximum absolute atomic E-state index is 4.31. The van der Waals surface area contributed by atoms with E-state index in [0.717, 1.165) is 24.6 Å². The summed E-state index contributed by atoms with van der Waals surface area (Å²) in [7, 11) is 0. The Hall–Kier alpha value is -0.770. The van der Waals surface area contributed by atoms with Crippen molar-refractivity contribution in [3.8, 4) is 0 Å². The summed E-state index contributed by atoms with van der Waals surface area (Å²) in [6, 6.07) is 0. The van der Waals surface area contributed by atoms with E-state index < -0.39 is 0 Å². The molecule has 0 N–H and O–H groups in total. The molecule has 0 amide bonds. The molecular formula is C9H13N3S. The number of rotatable bonds is 1. The predicted octanol–water partition coefficient (Wildman–Crippen LogP) is 1.34. The first-order chi connectivity index (χ1) is 6.36. The molecule has 0 aromatic carbocycles. The van der Waals surface area contributed by atoms with E-state index in [0.29, 0.717) is 0 Å². The summed E-state index contributed by atoms with van der Waals surface area (Å²) in [5.41, 5.74) is 1.12. The van der Waals surface area contributed by atoms with Gasteiger partial charge >= 0.3 is 0 Å². The van der Waals surface area contributed by atoms with Crippen LogP contribution in [0, 0.1) is 6.92 Å². The molecule has 1 saturated heterocycles. The first-order valence-electron chi connectivity index (χ1n) is 4.47. The second-order valence-electron chi connectivity index (χ2n) is 3.16. The van der Waals surface area contributed by atoms with Crippen molar-refractivity contribution in [3.63, 3.8) is 0 Å². The topological polar surface area (TPSA) is 29.0 Å². The fourth-order valence-corrected chi connectivity index (χ4v) is 2.22. The van der Waals surface area contributed by atoms with E-state index >= 15 is 0 Å². The molecule has 70 valence electrons. The van der Waals surface area contributed by atoms with Crippen molar-refractivity contribution in [2.75, 3.05) is 29.5 Å². The van der Waals surface area contributed by atoms with E-state index in [1.54, 1.807) is 0 Å². The molecule has 0 aliphatic carbocycles. The van der Waals surface area contributed by atoms with Gasteiger partial charge in [0.25, 0.3) is 0 Å². The minimum Gasteiger partial charge on any atom is -0.339 e. The number of aromatic nitrogens is 2. The van der Waals surface area contributed by atoms with Gasteiger partial charge < -0.3 is 4.90 Å². The van der Waals surface area contributed by atoms with Crippen LogP contribution in [0.25, 0.3) is 0 Å². The molecule has 0 spiro atoms. The van der Waals surface area contributed by atoms with Crippen LogP contribution in [-0.4, -0.2) is 34.6 Å². The summed E-state index contributed by atoms with van der Waals surface area (Å²) in [4.78, 5) is 10.9. The number of hydrogen-bond donors (Lipinski definition) is 0. The Kier molecular flexibility index (Phi) is 2.68. The molecule has 2 heterocycles. The van der Waals surface area contributed by atoms with Crippen molar-refractivity contribution < 1.29 is 0 Å². The van der Waals surface area contributed by atoms with Crippen LogP contribution in [0.5, 0.6) is 0 Å². The van der Waals surface area contributed by atoms with Crippen LogP contribution in [0.1, 0.15) is 5.56 Å². The molecule has 0 bridgehead atoms. The molecule has 1 aliphatic heterocycles. The summed E-state index contributed by atoms with van der Waals surface area (Å²) in [5.74, 6) is 3.26. The Balaban J connectivity index is 2.10. The highest BCUT2D eigenvalue weighted by atomic mass is 32.2. The molecule has 1 fully saturated rings. The van der Waals surface area contributed by atoms with Crippen LogP contribution >= 0.6 is 11.8 Å². The van der Waals surface area contributed by atoms with E-state index in [2.05, 4.69) is 14.9 Å². The molecule has 1 aromatic heterocycles. The van der Waals surface area contributed by atoms with Gasteiger partial charge in [0.2, 0.25) is 5.95 Å². The fraction of sp³-hybridized carbons (Fsp3) is 0.556. The first-order valence-corrected chi connectivity index (χ1v) is 5.63. The summed E-state index contributed by atoms with van der Waals surface area (Å²) >= 11 is 2.00. The third kappa shape index (κ3) is 2.12. The molecule has 3 nitrogen and oxygen atoms in total. The fourth-order valence-electron chi connectivity index (χ4n) is 1.31. The van der Waals surface area contributed by atoms with Crippen molar-refractivity contribution in [1.29, 1.82) is 0 Å². The Morgan fingerprint density at radius 1 is 1.23 bits per heavy atom. The van der Waals surface area contributed by atoms with Gasteiger partial charge in [-0.15, -0.1) is 0 Å². The number of anilines is 1. The summed E-state index contributed by atoms with van der Waals surface area (Å²) in [6.07, 6.45) is 3.76. The van der Waals surface area contributed by atoms with Crippen molar-refractivity contribution in [2.24, 2.45) is 0 Å². The van der Waals surface area contributed by atoms with Crippen LogP contribution in [0.15, 0.2) is 12.4 Å². The SMILES string of the molecule is Cc1cnc(N2CCSCC2)nc1. The molecule has 4 heteroatoms. The highest BCUT2D eigenvalue weighted by Crippen LogP contribution is 2.14. The van der Waals surface area contributed by atoms with Crippen molar-refractivity contribution in [3.05, 3.63) is 18.0 Å². The van der Waals surface area contributed by atoms with Gasteiger partial charge in [0.05, 0.1) is 0 Å². The molecule has 1 aliphatic rings. The third-order valence-corrected chi connectivity index (χ3v) is 3.00. The molecule has 2 rings (SSSR count). The minimum atomic E-state index is 0.880. The van der Waals surface area contributed by atoms with Gasteiger partial charge in [-0.25, -0.2) is 9.97 Å². The summed E-state index contributed by atoms with van der Waals surface area (Å²) < 4.78 is 0. The van der Waals surface area contributed by atoms with Gasteiger partial charge in [-0.3, -0.25) is 0 Å². The van der Waals surface area contributed by atoms with Crippen molar-refractivity contribution in [2.45, 2.75) is 6.92 Å². The Morgan fingerprint density at radius 2 is 1.85 bits per heavy atom. The number of nitrogens with zero attached hydrogens (tertiary/aromatic N) is 3. The number of thioether (sulfide) groups is 1. The zero-order valence-corrected chi connectivity index (χ0v) is 8.55. The minimum absolute atomic E-state index is 0.880. The Bertz CT molecular complexity index is 267. The van der Waals surface area contributed by atoms with Gasteiger partial charge in [-0.05, 0) is 12.5 Å². The second-order valence-corrected chi connectivity index (χ2v) is 4.38. The van der Waals surface area contributed by atoms with Gasteiger partial charge in [0, 0.05) is 37.0 Å². The largest absolute Gasteiger partial charge is 0.339 e. The Labute approximate surface area is 82.6 Å². The summed E-state index contributed by atoms with van der Waals surface area (Å²) in [6.45, 7) is 4.16. The Morgan fingerprint density at radius 3 is 2.46 bits per heavy atom. The number of aryl methyl sites for hydroxylation is 1. The van der Waals surface area contributed by atoms with E-state index in [9.17, 15) is 0 Å². The lowest BCUT2D eigenvalue weighted by Gasteiger charge is -2.26. The standard InChI is InChI=1S/C9H13N3S/c1-8-6-10-9(11-7-8)12-2-4-13-5-3-12/h6-7H,2-5H2,1H3. The zero-order valence-electron chi connectivity index (χ0n) is 7.73. The average Bonchev–Trinajstić information content (AvgIpc) is 2.20. The molecule has 0 radical (unpaired) electrons. The summed E-state index contributed by atoms with van der Waals surface area (Å²) in [5, 5.41) is 0. The monoisotopic (exact) mass is 195 g/mol. The quantitative estimate of drug-likeness (QED) is 0.676. The molecule has 0 unspecified atom stereocenters. The number of hydrogen-bond acceptors (Lipinski definition) is 4. The molecule has 13 heavy (non-hydrogen) atoms. The molecule has 0 atom stereocenters. The predicted molar refractivity (Wildman–Crippen MR) is 56.3 cm³/mol. The second kappa shape index (κ2) is 3.96. The van der Waals surface area contributed by atoms with Crippen LogP contribution in [-0.2, 0) is 0 Å². The smallest absolute Gasteiger partial charge is 0.225 e. The van der Waals surface area contributed by atoms with E-state index in [1.165, 1.54) is 11.5 Å². The average molecular weight is 195 g/mol. The third-order valence-electron chi connectivity index (χ3n) is 2.06. The maximum Gasteiger partial charge on any atom is 0.225 e. The highest BCUT2D eigenvalue weighted by molar-refractivity contribution is 7.99. The molecular weight excluding hydrogens is 182 g/mol. The van der Waals surface area contributed by atoms with E-state index in [1.807, 2.05) is 31.1 Å². The molecule has 0 saturated carbocycles. The van der Waals surface area contributed by atoms with Gasteiger partial charge in [0.1, 0.15) is 0 Å². The van der Waals surface area contributed by atoms with Crippen LogP contribution in [0.2, 0.25) is 0 Å². The van der Waals surface area contributed by atoms with Crippen molar-refractivity contribution in [1.82, 2.24) is 9.97 Å². The van der Waals surface area contributed by atoms with Crippen LogP contribution in [0.4, 0.5) is 5.95 Å². The first kappa shape index (κ1) is 8.81. The maximum atomic E-state index is 4.31. The van der Waals surface area contributed by atoms with Crippen molar-refractivity contribution >= 4 is 17.7 Å². The van der Waals surface area contributed by atoms with Gasteiger partial charge in [-0.1, -0.05) is 0 Å². The highest BCUT2D eigenvalue weighted by Gasteiger charge is 2.12. The van der Waals surface area contributed by atoms with Crippen LogP contribution in [0.3, 0.4) is 0 Å². The lowest BCUT2D eigenvalue weighted by molar-refractivity contribution is 0.813. The van der Waals surface area contributed by atoms with E-state index in [-0.39, 0.29) is 0 Å². The zero-order chi connectivity index (χ0) is 9.10. The van der Waals surface area contributed by atoms with E-state index in [4.69, 9.17) is 0 Å². The lowest BCUT2D eigenvalue weighted by Crippen LogP contribution is -2.33. The normalized spacial score (nSPS) is 17.5. The lowest BCUT2D eigenvalue weighted by atomic mass is 10.4. The van der Waals surface area contributed by atoms with Gasteiger partial charge in [-0.2, -0.15) is 11.8 Å². The van der Waals surface area contributed by atoms with Gasteiger partial charge in [0.15, 0.2) is 0 Å².